The van der Waals surface area contributed by atoms with Crippen molar-refractivity contribution in [1.82, 2.24) is 15.5 Å². The quantitative estimate of drug-likeness (QED) is 0.461. The van der Waals surface area contributed by atoms with E-state index in [9.17, 15) is 14.4 Å². The van der Waals surface area contributed by atoms with Crippen molar-refractivity contribution in [3.63, 3.8) is 0 Å². The normalized spacial score (nSPS) is 23.3. The van der Waals surface area contributed by atoms with Crippen molar-refractivity contribution in [2.24, 2.45) is 0 Å². The molecule has 2 radical (unpaired) electrons. The van der Waals surface area contributed by atoms with Gasteiger partial charge < -0.3 is 10.2 Å². The lowest BCUT2D eigenvalue weighted by Crippen LogP contribution is -2.62. The number of imide groups is 1. The second-order valence-electron chi connectivity index (χ2n) is 6.14. The summed E-state index contributed by atoms with van der Waals surface area (Å²) in [4.78, 5) is 36.4. The molecule has 0 aromatic heterocycles. The number of rotatable bonds is 4. The number of carbonyl (C=O) groups is 3. The first-order chi connectivity index (χ1) is 11.0. The van der Waals surface area contributed by atoms with Crippen LogP contribution in [0.15, 0.2) is 12.1 Å². The number of carbonyl (C=O) groups excluding carboxylic acids is 3. The Morgan fingerprint density at radius 3 is 2.83 bits per heavy atom. The Hall–Kier alpha value is -2.15. The second-order valence-corrected chi connectivity index (χ2v) is 6.14. The van der Waals surface area contributed by atoms with E-state index in [1.807, 2.05) is 13.0 Å². The maximum Gasteiger partial charge on any atom is 0.242 e. The van der Waals surface area contributed by atoms with Gasteiger partial charge in [-0.2, -0.15) is 0 Å². The standard InChI is InChI=1S/C16H18BN3O3/c1-10-2-3-11-6-18-7-12(11)13(10)8-20(9-21)16(17)5-4-14(22)19-15(16)23/h2-3,9,18H,4-8H2,1H3,(H,19,22,23). The summed E-state index contributed by atoms with van der Waals surface area (Å²) in [6, 6.07) is 4.08. The van der Waals surface area contributed by atoms with Crippen molar-refractivity contribution in [2.75, 3.05) is 0 Å². The van der Waals surface area contributed by atoms with Gasteiger partial charge in [0.2, 0.25) is 18.2 Å². The predicted octanol–water partition coefficient (Wildman–Crippen LogP) is -0.142. The van der Waals surface area contributed by atoms with Crippen molar-refractivity contribution in [1.29, 1.82) is 0 Å². The van der Waals surface area contributed by atoms with E-state index in [1.165, 1.54) is 10.5 Å². The van der Waals surface area contributed by atoms with Crippen molar-refractivity contribution in [2.45, 2.75) is 44.8 Å². The molecule has 1 saturated heterocycles. The first-order valence-electron chi connectivity index (χ1n) is 7.62. The van der Waals surface area contributed by atoms with Gasteiger partial charge in [0.05, 0.1) is 5.44 Å². The minimum absolute atomic E-state index is 0.125. The minimum atomic E-state index is -1.49. The lowest BCUT2D eigenvalue weighted by Gasteiger charge is -2.41. The van der Waals surface area contributed by atoms with E-state index in [2.05, 4.69) is 16.7 Å². The van der Waals surface area contributed by atoms with Crippen LogP contribution < -0.4 is 10.6 Å². The number of hydrogen-bond acceptors (Lipinski definition) is 4. The Morgan fingerprint density at radius 2 is 2.13 bits per heavy atom. The Morgan fingerprint density at radius 1 is 1.35 bits per heavy atom. The average Bonchev–Trinajstić information content (AvgIpc) is 2.99. The molecule has 3 amide bonds. The van der Waals surface area contributed by atoms with Crippen molar-refractivity contribution in [3.05, 3.63) is 34.4 Å². The largest absolute Gasteiger partial charge is 0.335 e. The first-order valence-corrected chi connectivity index (χ1v) is 7.62. The number of piperidine rings is 1. The van der Waals surface area contributed by atoms with Gasteiger partial charge in [0, 0.05) is 26.1 Å². The van der Waals surface area contributed by atoms with Crippen LogP contribution in [-0.2, 0) is 34.0 Å². The van der Waals surface area contributed by atoms with Crippen LogP contribution in [0.3, 0.4) is 0 Å². The molecule has 2 heterocycles. The highest BCUT2D eigenvalue weighted by molar-refractivity contribution is 6.31. The Bertz CT molecular complexity index is 691. The predicted molar refractivity (Wildman–Crippen MR) is 84.2 cm³/mol. The molecule has 2 aliphatic heterocycles. The first kappa shape index (κ1) is 15.7. The summed E-state index contributed by atoms with van der Waals surface area (Å²) >= 11 is 0. The number of hydrogen-bond donors (Lipinski definition) is 2. The molecule has 0 bridgehead atoms. The molecule has 2 N–H and O–H groups in total. The molecule has 23 heavy (non-hydrogen) atoms. The number of benzene rings is 1. The van der Waals surface area contributed by atoms with Crippen LogP contribution >= 0.6 is 0 Å². The molecular formula is C16H18BN3O3. The Kier molecular flexibility index (Phi) is 3.98. The molecule has 0 saturated carbocycles. The van der Waals surface area contributed by atoms with Gasteiger partial charge in [-0.15, -0.1) is 0 Å². The van der Waals surface area contributed by atoms with Crippen molar-refractivity contribution < 1.29 is 14.4 Å². The molecule has 1 fully saturated rings. The average molecular weight is 311 g/mol. The van der Waals surface area contributed by atoms with Crippen molar-refractivity contribution in [3.8, 4) is 0 Å². The van der Waals surface area contributed by atoms with Gasteiger partial charge in [-0.05, 0) is 35.6 Å². The van der Waals surface area contributed by atoms with Gasteiger partial charge in [0.15, 0.2) is 0 Å². The zero-order valence-corrected chi connectivity index (χ0v) is 13.0. The van der Waals surface area contributed by atoms with Crippen LogP contribution in [0.4, 0.5) is 0 Å². The molecule has 118 valence electrons. The fourth-order valence-electron chi connectivity index (χ4n) is 3.22. The number of amides is 3. The summed E-state index contributed by atoms with van der Waals surface area (Å²) < 4.78 is 0. The zero-order valence-electron chi connectivity index (χ0n) is 13.0. The Balaban J connectivity index is 1.92. The van der Waals surface area contributed by atoms with Crippen LogP contribution in [0.5, 0.6) is 0 Å². The lowest BCUT2D eigenvalue weighted by atomic mass is 9.70. The summed E-state index contributed by atoms with van der Waals surface area (Å²) in [6.07, 6.45) is 0.847. The van der Waals surface area contributed by atoms with Crippen LogP contribution in [0.1, 0.15) is 35.1 Å². The van der Waals surface area contributed by atoms with Gasteiger partial charge >= 0.3 is 0 Å². The summed E-state index contributed by atoms with van der Waals surface area (Å²) in [6.45, 7) is 3.76. The fourth-order valence-corrected chi connectivity index (χ4v) is 3.22. The van der Waals surface area contributed by atoms with Crippen LogP contribution in [0.25, 0.3) is 0 Å². The van der Waals surface area contributed by atoms with E-state index in [-0.39, 0.29) is 25.3 Å². The zero-order chi connectivity index (χ0) is 16.6. The number of aryl methyl sites for hydroxylation is 1. The molecule has 1 atom stereocenters. The Labute approximate surface area is 136 Å². The molecule has 0 aliphatic carbocycles. The van der Waals surface area contributed by atoms with Crippen LogP contribution in [0.2, 0.25) is 0 Å². The minimum Gasteiger partial charge on any atom is -0.335 e. The summed E-state index contributed by atoms with van der Waals surface area (Å²) in [5.41, 5.74) is 2.93. The molecule has 2 aliphatic rings. The third-order valence-corrected chi connectivity index (χ3v) is 4.73. The number of nitrogens with zero attached hydrogens (tertiary/aromatic N) is 1. The second kappa shape index (κ2) is 5.81. The molecule has 0 spiro atoms. The molecule has 6 nitrogen and oxygen atoms in total. The van der Waals surface area contributed by atoms with E-state index in [1.54, 1.807) is 0 Å². The number of fused-ring (bicyclic) bond motifs is 1. The van der Waals surface area contributed by atoms with Crippen LogP contribution in [0, 0.1) is 6.92 Å². The SMILES string of the molecule is [B]C1(N(C=O)Cc2c(C)ccc3c2CNC3)CCC(=O)NC1=O. The van der Waals surface area contributed by atoms with E-state index >= 15 is 0 Å². The van der Waals surface area contributed by atoms with E-state index < -0.39 is 11.3 Å². The maximum absolute atomic E-state index is 12.2. The summed E-state index contributed by atoms with van der Waals surface area (Å²) in [7, 11) is 6.18. The van der Waals surface area contributed by atoms with Gasteiger partial charge in [-0.1, -0.05) is 12.1 Å². The monoisotopic (exact) mass is 311 g/mol. The summed E-state index contributed by atoms with van der Waals surface area (Å²) in [5.74, 6) is -0.980. The topological polar surface area (TPSA) is 78.5 Å². The highest BCUT2D eigenvalue weighted by Gasteiger charge is 2.42. The van der Waals surface area contributed by atoms with Crippen LogP contribution in [-0.4, -0.2) is 36.4 Å². The molecule has 3 rings (SSSR count). The molecule has 7 heteroatoms. The van der Waals surface area contributed by atoms with Gasteiger partial charge in [0.25, 0.3) is 0 Å². The summed E-state index contributed by atoms with van der Waals surface area (Å²) in [5, 5.41) is 5.51. The molecule has 1 aromatic carbocycles. The van der Waals surface area contributed by atoms with Gasteiger partial charge in [0.1, 0.15) is 7.85 Å². The van der Waals surface area contributed by atoms with Gasteiger partial charge in [-0.25, -0.2) is 0 Å². The highest BCUT2D eigenvalue weighted by Crippen LogP contribution is 2.28. The van der Waals surface area contributed by atoms with E-state index in [0.29, 0.717) is 6.41 Å². The molecular weight excluding hydrogens is 293 g/mol. The van der Waals surface area contributed by atoms with Crippen molar-refractivity contribution >= 4 is 26.1 Å². The highest BCUT2D eigenvalue weighted by atomic mass is 16.2. The fraction of sp³-hybridized carbons (Fsp3) is 0.438. The van der Waals surface area contributed by atoms with Gasteiger partial charge in [-0.3, -0.25) is 19.7 Å². The third-order valence-electron chi connectivity index (χ3n) is 4.73. The van der Waals surface area contributed by atoms with E-state index in [4.69, 9.17) is 7.85 Å². The third kappa shape index (κ3) is 2.65. The lowest BCUT2D eigenvalue weighted by molar-refractivity contribution is -0.144. The van der Waals surface area contributed by atoms with E-state index in [0.717, 1.165) is 29.8 Å². The molecule has 1 aromatic rings. The molecule has 1 unspecified atom stereocenters. The number of nitrogens with one attached hydrogen (secondary N) is 2. The maximum atomic E-state index is 12.2. The smallest absolute Gasteiger partial charge is 0.242 e.